The molecule has 3 heteroatoms. The van der Waals surface area contributed by atoms with Crippen molar-refractivity contribution in [1.82, 2.24) is 10.2 Å². The zero-order chi connectivity index (χ0) is 6.69. The third kappa shape index (κ3) is 1.76. The van der Waals surface area contributed by atoms with E-state index in [4.69, 9.17) is 0 Å². The molecule has 0 aromatic heterocycles. The van der Waals surface area contributed by atoms with Crippen molar-refractivity contribution in [3.05, 3.63) is 12.3 Å². The fourth-order valence-electron chi connectivity index (χ4n) is 0.684. The summed E-state index contributed by atoms with van der Waals surface area (Å²) in [5.41, 5.74) is 0. The van der Waals surface area contributed by atoms with E-state index in [1.54, 1.807) is 6.20 Å². The Hall–Kier alpha value is -0.990. The number of nitrogens with one attached hydrogen (secondary N) is 1. The molecule has 0 saturated carbocycles. The summed E-state index contributed by atoms with van der Waals surface area (Å²) in [6.07, 6.45) is 3.31. The highest BCUT2D eigenvalue weighted by atomic mass is 16.1. The standard InChI is InChI=1S/C6H10N2O/c1-8-4-2-6(9)7-3-5-8/h2,4H,3,5H2,1H3,(H,7,9). The molecule has 0 radical (unpaired) electrons. The van der Waals surface area contributed by atoms with Crippen LogP contribution in [0.5, 0.6) is 0 Å². The molecule has 1 N–H and O–H groups in total. The van der Waals surface area contributed by atoms with Crippen LogP contribution in [-0.2, 0) is 4.79 Å². The maximum atomic E-state index is 10.6. The van der Waals surface area contributed by atoms with Crippen molar-refractivity contribution in [2.24, 2.45) is 0 Å². The average Bonchev–Trinajstić information content (AvgIpc) is 1.97. The van der Waals surface area contributed by atoms with Crippen LogP contribution in [0.2, 0.25) is 0 Å². The van der Waals surface area contributed by atoms with Gasteiger partial charge in [-0.15, -0.1) is 0 Å². The van der Waals surface area contributed by atoms with Gasteiger partial charge in [-0.25, -0.2) is 0 Å². The fraction of sp³-hybridized carbons (Fsp3) is 0.500. The Balaban J connectivity index is 2.52. The van der Waals surface area contributed by atoms with Crippen molar-refractivity contribution in [3.63, 3.8) is 0 Å². The molecule has 1 amide bonds. The summed E-state index contributed by atoms with van der Waals surface area (Å²) < 4.78 is 0. The van der Waals surface area contributed by atoms with Crippen LogP contribution in [0.1, 0.15) is 0 Å². The average molecular weight is 126 g/mol. The number of hydrogen-bond donors (Lipinski definition) is 1. The van der Waals surface area contributed by atoms with E-state index in [9.17, 15) is 4.79 Å². The quantitative estimate of drug-likeness (QED) is 0.477. The van der Waals surface area contributed by atoms with Crippen molar-refractivity contribution < 1.29 is 4.79 Å². The number of carbonyl (C=O) groups excluding carboxylic acids is 1. The van der Waals surface area contributed by atoms with Gasteiger partial charge in [0.25, 0.3) is 0 Å². The first-order chi connectivity index (χ1) is 4.29. The van der Waals surface area contributed by atoms with E-state index in [0.29, 0.717) is 0 Å². The van der Waals surface area contributed by atoms with Crippen molar-refractivity contribution in [1.29, 1.82) is 0 Å². The van der Waals surface area contributed by atoms with Gasteiger partial charge in [0.15, 0.2) is 0 Å². The number of amides is 1. The SMILES string of the molecule is CN1C=CC(=O)NCC1. The monoisotopic (exact) mass is 126 g/mol. The molecule has 1 heterocycles. The zero-order valence-corrected chi connectivity index (χ0v) is 5.42. The topological polar surface area (TPSA) is 32.3 Å². The minimum Gasteiger partial charge on any atom is -0.378 e. The molecule has 1 aliphatic rings. The normalized spacial score (nSPS) is 19.2. The molecule has 0 saturated heterocycles. The van der Waals surface area contributed by atoms with Crippen LogP contribution in [0.4, 0.5) is 0 Å². The Morgan fingerprint density at radius 3 is 3.33 bits per heavy atom. The van der Waals surface area contributed by atoms with Crippen LogP contribution in [0, 0.1) is 0 Å². The molecule has 0 aliphatic carbocycles. The molecule has 0 atom stereocenters. The highest BCUT2D eigenvalue weighted by Gasteiger charge is 2.00. The van der Waals surface area contributed by atoms with Gasteiger partial charge in [-0.2, -0.15) is 0 Å². The summed E-state index contributed by atoms with van der Waals surface area (Å²) in [5.74, 6) is -0.000602. The van der Waals surface area contributed by atoms with Gasteiger partial charge in [0.1, 0.15) is 0 Å². The molecule has 0 bridgehead atoms. The summed E-state index contributed by atoms with van der Waals surface area (Å²) >= 11 is 0. The van der Waals surface area contributed by atoms with Crippen LogP contribution in [0.3, 0.4) is 0 Å². The van der Waals surface area contributed by atoms with Gasteiger partial charge in [-0.1, -0.05) is 0 Å². The predicted molar refractivity (Wildman–Crippen MR) is 34.8 cm³/mol. The number of hydrogen-bond acceptors (Lipinski definition) is 2. The molecule has 0 spiro atoms. The first-order valence-electron chi connectivity index (χ1n) is 2.95. The van der Waals surface area contributed by atoms with Gasteiger partial charge < -0.3 is 10.2 Å². The van der Waals surface area contributed by atoms with E-state index >= 15 is 0 Å². The van der Waals surface area contributed by atoms with Gasteiger partial charge in [0, 0.05) is 32.4 Å². The minimum absolute atomic E-state index is 0.000602. The van der Waals surface area contributed by atoms with Gasteiger partial charge in [0.05, 0.1) is 0 Å². The maximum absolute atomic E-state index is 10.6. The van der Waals surface area contributed by atoms with Gasteiger partial charge in [0.2, 0.25) is 5.91 Å². The third-order valence-electron chi connectivity index (χ3n) is 1.24. The Morgan fingerprint density at radius 1 is 1.78 bits per heavy atom. The predicted octanol–water partition coefficient (Wildman–Crippen LogP) is -0.438. The van der Waals surface area contributed by atoms with E-state index in [0.717, 1.165) is 13.1 Å². The van der Waals surface area contributed by atoms with Crippen LogP contribution >= 0.6 is 0 Å². The van der Waals surface area contributed by atoms with E-state index in [-0.39, 0.29) is 5.91 Å². The smallest absolute Gasteiger partial charge is 0.245 e. The Bertz CT molecular complexity index is 142. The lowest BCUT2D eigenvalue weighted by atomic mass is 10.6. The second-order valence-electron chi connectivity index (χ2n) is 2.09. The van der Waals surface area contributed by atoms with E-state index in [1.807, 2.05) is 11.9 Å². The Kier molecular flexibility index (Phi) is 1.72. The van der Waals surface area contributed by atoms with Crippen molar-refractivity contribution >= 4 is 5.91 Å². The van der Waals surface area contributed by atoms with Crippen LogP contribution < -0.4 is 5.32 Å². The zero-order valence-electron chi connectivity index (χ0n) is 5.42. The van der Waals surface area contributed by atoms with Crippen LogP contribution in [-0.4, -0.2) is 30.9 Å². The van der Waals surface area contributed by atoms with Gasteiger partial charge in [-0.3, -0.25) is 4.79 Å². The first kappa shape index (κ1) is 6.13. The summed E-state index contributed by atoms with van der Waals surface area (Å²) in [7, 11) is 1.94. The number of nitrogens with zero attached hydrogens (tertiary/aromatic N) is 1. The third-order valence-corrected chi connectivity index (χ3v) is 1.24. The lowest BCUT2D eigenvalue weighted by molar-refractivity contribution is -0.116. The van der Waals surface area contributed by atoms with E-state index in [1.165, 1.54) is 6.08 Å². The van der Waals surface area contributed by atoms with Crippen LogP contribution in [0.25, 0.3) is 0 Å². The molecule has 1 rings (SSSR count). The van der Waals surface area contributed by atoms with Gasteiger partial charge >= 0.3 is 0 Å². The lowest BCUT2D eigenvalue weighted by Gasteiger charge is -2.08. The summed E-state index contributed by atoms with van der Waals surface area (Å²) in [4.78, 5) is 12.6. The molecule has 3 nitrogen and oxygen atoms in total. The highest BCUT2D eigenvalue weighted by molar-refractivity contribution is 5.87. The van der Waals surface area contributed by atoms with E-state index < -0.39 is 0 Å². The maximum Gasteiger partial charge on any atom is 0.245 e. The second kappa shape index (κ2) is 2.53. The molecule has 9 heavy (non-hydrogen) atoms. The molecular formula is C6H10N2O. The number of likely N-dealkylation sites (N-methyl/N-ethyl adjacent to an activating group) is 1. The minimum atomic E-state index is -0.000602. The summed E-state index contributed by atoms with van der Waals surface area (Å²) in [6.45, 7) is 1.63. The molecule has 0 aromatic rings. The molecule has 50 valence electrons. The number of rotatable bonds is 0. The summed E-state index contributed by atoms with van der Waals surface area (Å²) in [5, 5.41) is 2.71. The number of carbonyl (C=O) groups is 1. The molecular weight excluding hydrogens is 116 g/mol. The molecule has 0 unspecified atom stereocenters. The van der Waals surface area contributed by atoms with E-state index in [2.05, 4.69) is 5.32 Å². The summed E-state index contributed by atoms with van der Waals surface area (Å²) in [6, 6.07) is 0. The molecule has 1 aliphatic heterocycles. The van der Waals surface area contributed by atoms with Crippen LogP contribution in [0.15, 0.2) is 12.3 Å². The first-order valence-corrected chi connectivity index (χ1v) is 2.95. The molecule has 0 aromatic carbocycles. The fourth-order valence-corrected chi connectivity index (χ4v) is 0.684. The van der Waals surface area contributed by atoms with Crippen molar-refractivity contribution in [2.45, 2.75) is 0 Å². The van der Waals surface area contributed by atoms with Gasteiger partial charge in [-0.05, 0) is 0 Å². The highest BCUT2D eigenvalue weighted by Crippen LogP contribution is 1.87. The molecule has 0 fully saturated rings. The Morgan fingerprint density at radius 2 is 2.56 bits per heavy atom. The second-order valence-corrected chi connectivity index (χ2v) is 2.09. The van der Waals surface area contributed by atoms with Crippen molar-refractivity contribution in [3.8, 4) is 0 Å². The Labute approximate surface area is 54.3 Å². The van der Waals surface area contributed by atoms with Crippen molar-refractivity contribution in [2.75, 3.05) is 20.1 Å². The largest absolute Gasteiger partial charge is 0.378 e. The lowest BCUT2D eigenvalue weighted by Crippen LogP contribution is -2.25.